The van der Waals surface area contributed by atoms with Crippen LogP contribution in [0.4, 0.5) is 0 Å². The molecule has 0 N–H and O–H groups in total. The fourth-order valence-corrected chi connectivity index (χ4v) is 1.64. The molecule has 1 nitrogen and oxygen atoms in total. The molecule has 1 aliphatic rings. The van der Waals surface area contributed by atoms with Gasteiger partial charge in [0.05, 0.1) is 0 Å². The van der Waals surface area contributed by atoms with Crippen LogP contribution in [-0.4, -0.2) is 6.72 Å². The molecule has 0 amide bonds. The van der Waals surface area contributed by atoms with Gasteiger partial charge in [-0.3, -0.25) is 4.99 Å². The standard InChI is InChI=1S/C11H13N.C7H8/c1-10(9-12-2)8-11-6-4-3-5-7-11;1-7-5-3-2-4-6-7/h3-6,8-9H,2,7H2,1H3;2-6H,1H3/b10-9-,11-8-;. The lowest BCUT2D eigenvalue weighted by Gasteiger charge is -2.01. The van der Waals surface area contributed by atoms with Crippen molar-refractivity contribution >= 4 is 6.72 Å². The van der Waals surface area contributed by atoms with Gasteiger partial charge in [-0.15, -0.1) is 0 Å². The van der Waals surface area contributed by atoms with Gasteiger partial charge in [0.15, 0.2) is 0 Å². The lowest BCUT2D eigenvalue weighted by Crippen LogP contribution is -1.81. The fourth-order valence-electron chi connectivity index (χ4n) is 1.64. The molecule has 1 aromatic rings. The molecule has 0 aromatic heterocycles. The SMILES string of the molecule is C=N/C=C(C)\C=C1\C=CC=CC1.Cc1ccccc1. The third-order valence-corrected chi connectivity index (χ3v) is 2.56. The van der Waals surface area contributed by atoms with Crippen molar-refractivity contribution in [3.05, 3.63) is 83.6 Å². The molecule has 0 spiro atoms. The van der Waals surface area contributed by atoms with E-state index in [2.05, 4.69) is 55.1 Å². The van der Waals surface area contributed by atoms with Gasteiger partial charge >= 0.3 is 0 Å². The summed E-state index contributed by atoms with van der Waals surface area (Å²) in [6, 6.07) is 10.3. The van der Waals surface area contributed by atoms with Gasteiger partial charge in [-0.2, -0.15) is 0 Å². The first-order valence-electron chi connectivity index (χ1n) is 6.40. The number of rotatable bonds is 2. The summed E-state index contributed by atoms with van der Waals surface area (Å²) < 4.78 is 0. The number of hydrogen-bond donors (Lipinski definition) is 0. The van der Waals surface area contributed by atoms with E-state index in [0.717, 1.165) is 12.0 Å². The Morgan fingerprint density at radius 1 is 1.21 bits per heavy atom. The summed E-state index contributed by atoms with van der Waals surface area (Å²) in [7, 11) is 0. The van der Waals surface area contributed by atoms with Crippen LogP contribution in [-0.2, 0) is 0 Å². The summed E-state index contributed by atoms with van der Waals surface area (Å²) in [5.74, 6) is 0. The molecule has 0 fully saturated rings. The van der Waals surface area contributed by atoms with Gasteiger partial charge in [-0.05, 0) is 38.1 Å². The molecule has 1 aliphatic carbocycles. The zero-order valence-corrected chi connectivity index (χ0v) is 11.7. The number of allylic oxidation sites excluding steroid dienone is 7. The molecular weight excluding hydrogens is 230 g/mol. The summed E-state index contributed by atoms with van der Waals surface area (Å²) >= 11 is 0. The highest BCUT2D eigenvalue weighted by atomic mass is 14.6. The largest absolute Gasteiger partial charge is 0.272 e. The van der Waals surface area contributed by atoms with Gasteiger partial charge in [0.1, 0.15) is 0 Å². The van der Waals surface area contributed by atoms with E-state index in [1.165, 1.54) is 11.1 Å². The molecule has 19 heavy (non-hydrogen) atoms. The van der Waals surface area contributed by atoms with Gasteiger partial charge < -0.3 is 0 Å². The maximum atomic E-state index is 3.70. The van der Waals surface area contributed by atoms with Crippen LogP contribution in [0.5, 0.6) is 0 Å². The van der Waals surface area contributed by atoms with Crippen LogP contribution in [0.1, 0.15) is 18.9 Å². The van der Waals surface area contributed by atoms with E-state index in [1.807, 2.05) is 31.2 Å². The van der Waals surface area contributed by atoms with Crippen LogP contribution < -0.4 is 0 Å². The molecule has 1 heteroatoms. The second-order valence-electron chi connectivity index (χ2n) is 4.42. The first kappa shape index (κ1) is 14.9. The Morgan fingerprint density at radius 2 is 1.95 bits per heavy atom. The number of nitrogens with zero attached hydrogens (tertiary/aromatic N) is 1. The summed E-state index contributed by atoms with van der Waals surface area (Å²) in [6.07, 6.45) is 13.2. The van der Waals surface area contributed by atoms with E-state index in [-0.39, 0.29) is 0 Å². The normalized spacial score (nSPS) is 15.9. The van der Waals surface area contributed by atoms with E-state index < -0.39 is 0 Å². The van der Waals surface area contributed by atoms with Crippen LogP contribution in [0.25, 0.3) is 0 Å². The molecule has 0 unspecified atom stereocenters. The van der Waals surface area contributed by atoms with Gasteiger partial charge in [0, 0.05) is 6.20 Å². The molecule has 0 bridgehead atoms. The zero-order chi connectivity index (χ0) is 13.9. The Balaban J connectivity index is 0.000000218. The number of benzene rings is 1. The first-order valence-corrected chi connectivity index (χ1v) is 6.40. The summed E-state index contributed by atoms with van der Waals surface area (Å²) in [5, 5.41) is 0. The molecule has 1 aromatic carbocycles. The van der Waals surface area contributed by atoms with Crippen LogP contribution in [0.15, 0.2) is 83.1 Å². The molecule has 2 rings (SSSR count). The van der Waals surface area contributed by atoms with Gasteiger partial charge in [0.2, 0.25) is 0 Å². The van der Waals surface area contributed by atoms with Gasteiger partial charge in [0.25, 0.3) is 0 Å². The van der Waals surface area contributed by atoms with Gasteiger partial charge in [-0.25, -0.2) is 0 Å². The molecular formula is C18H21N. The van der Waals surface area contributed by atoms with Crippen LogP contribution >= 0.6 is 0 Å². The monoisotopic (exact) mass is 251 g/mol. The van der Waals surface area contributed by atoms with E-state index in [9.17, 15) is 0 Å². The van der Waals surface area contributed by atoms with Crippen molar-refractivity contribution in [3.8, 4) is 0 Å². The Bertz CT molecular complexity index is 502. The number of hydrogen-bond acceptors (Lipinski definition) is 1. The average molecular weight is 251 g/mol. The predicted molar refractivity (Wildman–Crippen MR) is 85.5 cm³/mol. The van der Waals surface area contributed by atoms with Gasteiger partial charge in [-0.1, -0.05) is 66.3 Å². The van der Waals surface area contributed by atoms with Crippen molar-refractivity contribution in [1.82, 2.24) is 0 Å². The molecule has 0 saturated carbocycles. The Labute approximate surface area is 116 Å². The van der Waals surface area contributed by atoms with Crippen molar-refractivity contribution in [2.24, 2.45) is 4.99 Å². The summed E-state index contributed by atoms with van der Waals surface area (Å²) in [4.78, 5) is 3.70. The Hall–Kier alpha value is -2.15. The molecule has 0 heterocycles. The lowest BCUT2D eigenvalue weighted by atomic mass is 10.1. The van der Waals surface area contributed by atoms with Crippen molar-refractivity contribution in [2.75, 3.05) is 0 Å². The van der Waals surface area contributed by atoms with Crippen molar-refractivity contribution in [1.29, 1.82) is 0 Å². The second-order valence-corrected chi connectivity index (χ2v) is 4.42. The van der Waals surface area contributed by atoms with E-state index in [4.69, 9.17) is 0 Å². The maximum Gasteiger partial charge on any atom is 0.0289 e. The smallest absolute Gasteiger partial charge is 0.0289 e. The van der Waals surface area contributed by atoms with E-state index in [0.29, 0.717) is 0 Å². The first-order chi connectivity index (χ1) is 9.22. The highest BCUT2D eigenvalue weighted by Crippen LogP contribution is 2.12. The Morgan fingerprint density at radius 3 is 2.42 bits per heavy atom. The Kier molecular flexibility index (Phi) is 6.96. The van der Waals surface area contributed by atoms with Crippen molar-refractivity contribution in [3.63, 3.8) is 0 Å². The summed E-state index contributed by atoms with van der Waals surface area (Å²) in [6.45, 7) is 7.51. The lowest BCUT2D eigenvalue weighted by molar-refractivity contribution is 1.24. The summed E-state index contributed by atoms with van der Waals surface area (Å²) in [5.41, 5.74) is 3.78. The second kappa shape index (κ2) is 8.87. The minimum Gasteiger partial charge on any atom is -0.272 e. The quantitative estimate of drug-likeness (QED) is 0.654. The van der Waals surface area contributed by atoms with Crippen LogP contribution in [0.3, 0.4) is 0 Å². The fraction of sp³-hybridized carbons (Fsp3) is 0.167. The highest BCUT2D eigenvalue weighted by Gasteiger charge is 1.92. The average Bonchev–Trinajstić information content (AvgIpc) is 2.42. The predicted octanol–water partition coefficient (Wildman–Crippen LogP) is 5.03. The molecule has 0 atom stereocenters. The zero-order valence-electron chi connectivity index (χ0n) is 11.7. The topological polar surface area (TPSA) is 12.4 Å². The third kappa shape index (κ3) is 6.99. The van der Waals surface area contributed by atoms with Crippen LogP contribution in [0, 0.1) is 6.92 Å². The highest BCUT2D eigenvalue weighted by molar-refractivity contribution is 5.36. The number of aryl methyl sites for hydroxylation is 1. The minimum atomic E-state index is 1.01. The number of aliphatic imine (C=N–C) groups is 1. The minimum absolute atomic E-state index is 1.01. The van der Waals surface area contributed by atoms with Crippen LogP contribution in [0.2, 0.25) is 0 Å². The molecule has 0 saturated heterocycles. The molecule has 0 aliphatic heterocycles. The van der Waals surface area contributed by atoms with Crippen molar-refractivity contribution < 1.29 is 0 Å². The molecule has 0 radical (unpaired) electrons. The molecule has 98 valence electrons. The maximum absolute atomic E-state index is 3.70. The van der Waals surface area contributed by atoms with E-state index >= 15 is 0 Å². The van der Waals surface area contributed by atoms with E-state index in [1.54, 1.807) is 6.20 Å². The van der Waals surface area contributed by atoms with Crippen molar-refractivity contribution in [2.45, 2.75) is 20.3 Å². The third-order valence-electron chi connectivity index (χ3n) is 2.56.